The molecule has 0 aliphatic carbocycles. The molecule has 1 N–H and O–H groups in total. The fourth-order valence-corrected chi connectivity index (χ4v) is 2.40. The van der Waals surface area contributed by atoms with Crippen LogP contribution in [0.25, 0.3) is 22.5 Å². The van der Waals surface area contributed by atoms with Gasteiger partial charge in [-0.1, -0.05) is 23.4 Å². The smallest absolute Gasteiger partial charge is 0.187 e. The highest BCUT2D eigenvalue weighted by Crippen LogP contribution is 2.27. The maximum Gasteiger partial charge on any atom is 0.187 e. The van der Waals surface area contributed by atoms with E-state index in [1.165, 1.54) is 6.26 Å². The fourth-order valence-electron chi connectivity index (χ4n) is 2.40. The van der Waals surface area contributed by atoms with Crippen LogP contribution >= 0.6 is 0 Å². The molecule has 0 aliphatic rings. The lowest BCUT2D eigenvalue weighted by Gasteiger charge is -2.09. The molecule has 1 aromatic carbocycles. The lowest BCUT2D eigenvalue weighted by molar-refractivity contribution is 0.458. The first-order chi connectivity index (χ1) is 11.3. The quantitative estimate of drug-likeness (QED) is 0.587. The Morgan fingerprint density at radius 2 is 1.87 bits per heavy atom. The Bertz CT molecular complexity index is 972. The zero-order chi connectivity index (χ0) is 15.6. The maximum atomic E-state index is 10.7. The monoisotopic (exact) mass is 304 g/mol. The molecule has 0 unspecified atom stereocenters. The highest BCUT2D eigenvalue weighted by Gasteiger charge is 2.19. The summed E-state index contributed by atoms with van der Waals surface area (Å²) in [6.07, 6.45) is 3.16. The van der Waals surface area contributed by atoms with Gasteiger partial charge < -0.3 is 9.52 Å². The second kappa shape index (κ2) is 5.42. The summed E-state index contributed by atoms with van der Waals surface area (Å²) >= 11 is 0. The molecule has 0 saturated heterocycles. The third-order valence-corrected chi connectivity index (χ3v) is 3.45. The third kappa shape index (κ3) is 2.26. The van der Waals surface area contributed by atoms with E-state index in [0.717, 1.165) is 11.0 Å². The van der Waals surface area contributed by atoms with Crippen LogP contribution in [0.1, 0.15) is 11.5 Å². The molecular formula is C17H12N4O2. The number of nitrogens with zero attached hydrogens (tertiary/aromatic N) is 4. The van der Waals surface area contributed by atoms with Gasteiger partial charge in [0.2, 0.25) is 0 Å². The first-order valence-electron chi connectivity index (χ1n) is 7.04. The zero-order valence-corrected chi connectivity index (χ0v) is 12.0. The number of fused-ring (bicyclic) bond motifs is 1. The summed E-state index contributed by atoms with van der Waals surface area (Å²) in [4.78, 5) is 4.32. The van der Waals surface area contributed by atoms with Crippen molar-refractivity contribution in [1.82, 2.24) is 20.0 Å². The van der Waals surface area contributed by atoms with Gasteiger partial charge in [-0.15, -0.1) is 5.10 Å². The third-order valence-electron chi connectivity index (χ3n) is 3.45. The van der Waals surface area contributed by atoms with Crippen LogP contribution in [0, 0.1) is 0 Å². The average molecular weight is 304 g/mol. The van der Waals surface area contributed by atoms with Crippen LogP contribution in [0.15, 0.2) is 71.5 Å². The van der Waals surface area contributed by atoms with Gasteiger partial charge in [0.05, 0.1) is 17.5 Å². The van der Waals surface area contributed by atoms with Gasteiger partial charge in [0.25, 0.3) is 0 Å². The maximum absolute atomic E-state index is 10.7. The van der Waals surface area contributed by atoms with E-state index < -0.39 is 0 Å². The van der Waals surface area contributed by atoms with Crippen molar-refractivity contribution in [3.63, 3.8) is 0 Å². The predicted molar refractivity (Wildman–Crippen MR) is 85.3 cm³/mol. The zero-order valence-electron chi connectivity index (χ0n) is 12.0. The molecule has 6 heteroatoms. The van der Waals surface area contributed by atoms with Gasteiger partial charge in [-0.3, -0.25) is 4.98 Å². The summed E-state index contributed by atoms with van der Waals surface area (Å²) in [5.74, 6) is 0.287. The molecule has 6 nitrogen and oxygen atoms in total. The van der Waals surface area contributed by atoms with E-state index >= 15 is 0 Å². The Balaban J connectivity index is 2.02. The standard InChI is InChI=1S/C17H12N4O2/c22-17(15-9-5-11-23-15)16(13-7-3-4-10-18-13)21-14-8-2-1-6-12(14)19-20-21/h1-11,22H/b17-16-. The van der Waals surface area contributed by atoms with Crippen molar-refractivity contribution in [2.45, 2.75) is 0 Å². The first kappa shape index (κ1) is 13.3. The van der Waals surface area contributed by atoms with Gasteiger partial charge >= 0.3 is 0 Å². The number of aliphatic hydroxyl groups is 1. The number of aromatic nitrogens is 4. The summed E-state index contributed by atoms with van der Waals surface area (Å²) in [7, 11) is 0. The number of pyridine rings is 1. The van der Waals surface area contributed by atoms with Crippen LogP contribution in [0.5, 0.6) is 0 Å². The number of para-hydroxylation sites is 1. The van der Waals surface area contributed by atoms with Gasteiger partial charge in [0.15, 0.2) is 11.5 Å². The summed E-state index contributed by atoms with van der Waals surface area (Å²) in [5.41, 5.74) is 2.48. The lowest BCUT2D eigenvalue weighted by atomic mass is 10.2. The molecule has 0 amide bonds. The van der Waals surface area contributed by atoms with Crippen LogP contribution in [0.3, 0.4) is 0 Å². The highest BCUT2D eigenvalue weighted by molar-refractivity contribution is 5.89. The molecule has 3 aromatic heterocycles. The minimum Gasteiger partial charge on any atom is -0.503 e. The Labute approximate surface area is 131 Å². The van der Waals surface area contributed by atoms with Gasteiger partial charge in [0.1, 0.15) is 11.2 Å². The molecule has 0 radical (unpaired) electrons. The predicted octanol–water partition coefficient (Wildman–Crippen LogP) is 3.35. The average Bonchev–Trinajstić information content (AvgIpc) is 3.26. The SMILES string of the molecule is O/C(=C(/c1ccccn1)n1nnc2ccccc21)c1ccco1. The summed E-state index contributed by atoms with van der Waals surface area (Å²) in [6.45, 7) is 0. The fraction of sp³-hybridized carbons (Fsp3) is 0. The number of hydrogen-bond acceptors (Lipinski definition) is 5. The van der Waals surface area contributed by atoms with Crippen molar-refractivity contribution in [1.29, 1.82) is 0 Å². The molecule has 0 saturated carbocycles. The van der Waals surface area contributed by atoms with E-state index in [4.69, 9.17) is 4.42 Å². The topological polar surface area (TPSA) is 77.0 Å². The van der Waals surface area contributed by atoms with E-state index in [2.05, 4.69) is 15.3 Å². The molecule has 0 bridgehead atoms. The molecule has 0 spiro atoms. The van der Waals surface area contributed by atoms with Crippen LogP contribution < -0.4 is 0 Å². The van der Waals surface area contributed by atoms with Crippen LogP contribution in [-0.2, 0) is 0 Å². The van der Waals surface area contributed by atoms with E-state index in [1.54, 1.807) is 29.1 Å². The molecule has 0 aliphatic heterocycles. The van der Waals surface area contributed by atoms with E-state index in [1.807, 2.05) is 36.4 Å². The van der Waals surface area contributed by atoms with Crippen molar-refractivity contribution < 1.29 is 9.52 Å². The molecule has 23 heavy (non-hydrogen) atoms. The number of hydrogen-bond donors (Lipinski definition) is 1. The van der Waals surface area contributed by atoms with E-state index in [-0.39, 0.29) is 5.76 Å². The molecular weight excluding hydrogens is 292 g/mol. The Hall–Kier alpha value is -3.41. The van der Waals surface area contributed by atoms with Gasteiger partial charge in [-0.2, -0.15) is 0 Å². The van der Waals surface area contributed by atoms with Crippen molar-refractivity contribution in [2.75, 3.05) is 0 Å². The van der Waals surface area contributed by atoms with Gasteiger partial charge in [0, 0.05) is 6.20 Å². The van der Waals surface area contributed by atoms with Crippen molar-refractivity contribution in [3.8, 4) is 0 Å². The van der Waals surface area contributed by atoms with E-state index in [9.17, 15) is 5.11 Å². The highest BCUT2D eigenvalue weighted by atomic mass is 16.4. The number of benzene rings is 1. The normalized spacial score (nSPS) is 12.3. The number of rotatable bonds is 3. The van der Waals surface area contributed by atoms with Crippen LogP contribution in [0.2, 0.25) is 0 Å². The van der Waals surface area contributed by atoms with E-state index in [0.29, 0.717) is 17.2 Å². The minimum absolute atomic E-state index is 0.0515. The van der Waals surface area contributed by atoms with Crippen LogP contribution in [0.4, 0.5) is 0 Å². The Morgan fingerprint density at radius 1 is 1.00 bits per heavy atom. The summed E-state index contributed by atoms with van der Waals surface area (Å²) in [5, 5.41) is 19.0. The van der Waals surface area contributed by atoms with Crippen molar-refractivity contribution in [3.05, 3.63) is 78.5 Å². The van der Waals surface area contributed by atoms with Crippen molar-refractivity contribution >= 4 is 22.5 Å². The Morgan fingerprint density at radius 3 is 2.65 bits per heavy atom. The lowest BCUT2D eigenvalue weighted by Crippen LogP contribution is -2.06. The summed E-state index contributed by atoms with van der Waals surface area (Å²) in [6, 6.07) is 16.4. The molecule has 0 fully saturated rings. The van der Waals surface area contributed by atoms with Gasteiger partial charge in [-0.05, 0) is 36.4 Å². The summed E-state index contributed by atoms with van der Waals surface area (Å²) < 4.78 is 6.88. The van der Waals surface area contributed by atoms with Gasteiger partial charge in [-0.25, -0.2) is 4.68 Å². The van der Waals surface area contributed by atoms with Crippen molar-refractivity contribution in [2.24, 2.45) is 0 Å². The number of furan rings is 1. The molecule has 4 rings (SSSR count). The second-order valence-electron chi connectivity index (χ2n) is 4.88. The molecule has 0 atom stereocenters. The number of aliphatic hydroxyl groups excluding tert-OH is 1. The largest absolute Gasteiger partial charge is 0.503 e. The molecule has 4 aromatic rings. The molecule has 112 valence electrons. The van der Waals surface area contributed by atoms with Crippen LogP contribution in [-0.4, -0.2) is 25.1 Å². The minimum atomic E-state index is -0.0515. The second-order valence-corrected chi connectivity index (χ2v) is 4.88. The first-order valence-corrected chi connectivity index (χ1v) is 7.04. The molecule has 3 heterocycles. The Kier molecular flexibility index (Phi) is 3.12.